The first-order chi connectivity index (χ1) is 11.9. The molecule has 25 heavy (non-hydrogen) atoms. The van der Waals surface area contributed by atoms with E-state index in [1.807, 2.05) is 0 Å². The molecule has 0 bridgehead atoms. The largest absolute Gasteiger partial charge is 0.326 e. The summed E-state index contributed by atoms with van der Waals surface area (Å²) in [4.78, 5) is 23.5. The van der Waals surface area contributed by atoms with Crippen molar-refractivity contribution in [2.45, 2.75) is 13.3 Å². The molecule has 0 aliphatic rings. The molecule has 0 fully saturated rings. The fraction of sp³-hybridized carbons (Fsp3) is 0.118. The number of benzene rings is 2. The Morgan fingerprint density at radius 1 is 1.16 bits per heavy atom. The Kier molecular flexibility index (Phi) is 6.82. The van der Waals surface area contributed by atoms with Crippen LogP contribution in [0.1, 0.15) is 29.3 Å². The number of nitrogens with one attached hydrogen (secondary N) is 2. The molecule has 0 atom stereocenters. The van der Waals surface area contributed by atoms with Crippen molar-refractivity contribution in [1.82, 2.24) is 5.43 Å². The summed E-state index contributed by atoms with van der Waals surface area (Å²) in [5, 5.41) is 7.52. The Balaban J connectivity index is 2.08. The summed E-state index contributed by atoms with van der Waals surface area (Å²) in [5.41, 5.74) is 3.74. The van der Waals surface area contributed by atoms with Crippen LogP contribution in [0.25, 0.3) is 0 Å². The van der Waals surface area contributed by atoms with E-state index in [0.29, 0.717) is 33.3 Å². The molecule has 5 nitrogen and oxygen atoms in total. The van der Waals surface area contributed by atoms with Crippen LogP contribution in [-0.4, -0.2) is 18.0 Å². The number of halogens is 3. The zero-order valence-corrected chi connectivity index (χ0v) is 15.4. The van der Waals surface area contributed by atoms with Crippen molar-refractivity contribution >= 4 is 58.5 Å². The zero-order valence-electron chi connectivity index (χ0n) is 13.1. The molecular formula is C17H14Cl3N3O2. The highest BCUT2D eigenvalue weighted by molar-refractivity contribution is 6.44. The molecule has 2 aromatic carbocycles. The first-order valence-corrected chi connectivity index (χ1v) is 8.42. The average molecular weight is 399 g/mol. The third-order valence-electron chi connectivity index (χ3n) is 3.12. The fourth-order valence-corrected chi connectivity index (χ4v) is 2.55. The molecule has 2 N–H and O–H groups in total. The molecule has 2 amide bonds. The molecule has 0 saturated heterocycles. The molecule has 8 heteroatoms. The van der Waals surface area contributed by atoms with Gasteiger partial charge in [-0.1, -0.05) is 47.8 Å². The van der Waals surface area contributed by atoms with Gasteiger partial charge in [0.25, 0.3) is 5.91 Å². The van der Waals surface area contributed by atoms with Crippen molar-refractivity contribution < 1.29 is 9.59 Å². The predicted octanol–water partition coefficient (Wildman–Crippen LogP) is 4.76. The van der Waals surface area contributed by atoms with E-state index in [4.69, 9.17) is 34.8 Å². The van der Waals surface area contributed by atoms with Crippen LogP contribution in [0, 0.1) is 0 Å². The maximum atomic E-state index is 12.1. The van der Waals surface area contributed by atoms with Crippen LogP contribution in [0.5, 0.6) is 0 Å². The Labute approximate surface area is 160 Å². The van der Waals surface area contributed by atoms with Crippen molar-refractivity contribution in [3.05, 3.63) is 62.6 Å². The summed E-state index contributed by atoms with van der Waals surface area (Å²) >= 11 is 17.9. The smallest absolute Gasteiger partial charge is 0.271 e. The van der Waals surface area contributed by atoms with Gasteiger partial charge in [0.15, 0.2) is 0 Å². The second kappa shape index (κ2) is 8.85. The highest BCUT2D eigenvalue weighted by Crippen LogP contribution is 2.28. The van der Waals surface area contributed by atoms with E-state index in [1.54, 1.807) is 37.3 Å². The molecule has 0 saturated carbocycles. The van der Waals surface area contributed by atoms with E-state index in [-0.39, 0.29) is 10.9 Å². The number of carbonyl (C=O) groups is 2. The van der Waals surface area contributed by atoms with Gasteiger partial charge in [0.05, 0.1) is 16.3 Å². The summed E-state index contributed by atoms with van der Waals surface area (Å²) in [6, 6.07) is 9.61. The van der Waals surface area contributed by atoms with Crippen LogP contribution in [0.15, 0.2) is 41.5 Å². The number of hydrogen-bond donors (Lipinski definition) is 2. The van der Waals surface area contributed by atoms with Crippen LogP contribution < -0.4 is 10.7 Å². The number of hydrazone groups is 1. The molecular weight excluding hydrogens is 385 g/mol. The molecule has 130 valence electrons. The Morgan fingerprint density at radius 3 is 2.64 bits per heavy atom. The van der Waals surface area contributed by atoms with Crippen LogP contribution in [0.4, 0.5) is 5.69 Å². The standard InChI is InChI=1S/C17H14Cl3N3O2/c1-2-15(24)22-13-5-3-4-10(7-13)17(25)23-21-9-11-6-12(18)8-14(19)16(11)20/h3-9H,2H2,1H3,(H,22,24)(H,23,25). The molecule has 0 aliphatic heterocycles. The second-order valence-corrected chi connectivity index (χ2v) is 6.19. The van der Waals surface area contributed by atoms with E-state index in [9.17, 15) is 9.59 Å². The molecule has 2 rings (SSSR count). The minimum Gasteiger partial charge on any atom is -0.326 e. The highest BCUT2D eigenvalue weighted by Gasteiger charge is 2.08. The van der Waals surface area contributed by atoms with Gasteiger partial charge in [0, 0.05) is 28.3 Å². The van der Waals surface area contributed by atoms with Crippen molar-refractivity contribution in [2.75, 3.05) is 5.32 Å². The molecule has 0 spiro atoms. The van der Waals surface area contributed by atoms with Gasteiger partial charge in [-0.05, 0) is 30.3 Å². The normalized spacial score (nSPS) is 10.7. The third kappa shape index (κ3) is 5.46. The van der Waals surface area contributed by atoms with Crippen LogP contribution in [-0.2, 0) is 4.79 Å². The summed E-state index contributed by atoms with van der Waals surface area (Å²) in [6.07, 6.45) is 1.70. The monoisotopic (exact) mass is 397 g/mol. The first-order valence-electron chi connectivity index (χ1n) is 7.28. The summed E-state index contributed by atoms with van der Waals surface area (Å²) < 4.78 is 0. The minimum absolute atomic E-state index is 0.136. The second-order valence-electron chi connectivity index (χ2n) is 4.97. The molecule has 0 unspecified atom stereocenters. The van der Waals surface area contributed by atoms with Gasteiger partial charge in [0.2, 0.25) is 5.91 Å². The lowest BCUT2D eigenvalue weighted by atomic mass is 10.2. The number of amides is 2. The average Bonchev–Trinajstić information content (AvgIpc) is 2.59. The SMILES string of the molecule is CCC(=O)Nc1cccc(C(=O)NN=Cc2cc(Cl)cc(Cl)c2Cl)c1. The lowest BCUT2D eigenvalue weighted by molar-refractivity contribution is -0.115. The van der Waals surface area contributed by atoms with Gasteiger partial charge in [0.1, 0.15) is 0 Å². The van der Waals surface area contributed by atoms with E-state index in [1.165, 1.54) is 12.3 Å². The molecule has 0 aromatic heterocycles. The van der Waals surface area contributed by atoms with Gasteiger partial charge in [-0.15, -0.1) is 0 Å². The van der Waals surface area contributed by atoms with Crippen molar-refractivity contribution in [2.24, 2.45) is 5.10 Å². The van der Waals surface area contributed by atoms with Crippen molar-refractivity contribution in [3.8, 4) is 0 Å². The molecule has 2 aromatic rings. The maximum absolute atomic E-state index is 12.1. The van der Waals surface area contributed by atoms with Gasteiger partial charge in [-0.3, -0.25) is 9.59 Å². The first kappa shape index (κ1) is 19.2. The van der Waals surface area contributed by atoms with Gasteiger partial charge in [-0.2, -0.15) is 5.10 Å². The molecule has 0 radical (unpaired) electrons. The lowest BCUT2D eigenvalue weighted by Crippen LogP contribution is -2.18. The Bertz CT molecular complexity index is 838. The zero-order chi connectivity index (χ0) is 18.4. The van der Waals surface area contributed by atoms with Gasteiger partial charge >= 0.3 is 0 Å². The van der Waals surface area contributed by atoms with Crippen molar-refractivity contribution in [1.29, 1.82) is 0 Å². The highest BCUT2D eigenvalue weighted by atomic mass is 35.5. The Morgan fingerprint density at radius 2 is 1.92 bits per heavy atom. The Hall–Kier alpha value is -2.08. The number of hydrogen-bond acceptors (Lipinski definition) is 3. The van der Waals surface area contributed by atoms with Gasteiger partial charge in [-0.25, -0.2) is 5.43 Å². The predicted molar refractivity (Wildman–Crippen MR) is 102 cm³/mol. The van der Waals surface area contributed by atoms with Crippen LogP contribution >= 0.6 is 34.8 Å². The van der Waals surface area contributed by atoms with E-state index < -0.39 is 5.91 Å². The lowest BCUT2D eigenvalue weighted by Gasteiger charge is -2.06. The summed E-state index contributed by atoms with van der Waals surface area (Å²) in [6.45, 7) is 1.74. The fourth-order valence-electron chi connectivity index (χ4n) is 1.88. The van der Waals surface area contributed by atoms with E-state index >= 15 is 0 Å². The minimum atomic E-state index is -0.437. The van der Waals surface area contributed by atoms with Gasteiger partial charge < -0.3 is 5.32 Å². The van der Waals surface area contributed by atoms with Crippen LogP contribution in [0.3, 0.4) is 0 Å². The summed E-state index contributed by atoms with van der Waals surface area (Å²) in [5.74, 6) is -0.573. The van der Waals surface area contributed by atoms with E-state index in [0.717, 1.165) is 0 Å². The molecule has 0 aliphatic carbocycles. The molecule has 0 heterocycles. The number of carbonyl (C=O) groups excluding carboxylic acids is 2. The number of rotatable bonds is 5. The number of anilines is 1. The quantitative estimate of drug-likeness (QED) is 0.433. The van der Waals surface area contributed by atoms with Crippen LogP contribution in [0.2, 0.25) is 15.1 Å². The van der Waals surface area contributed by atoms with E-state index in [2.05, 4.69) is 15.8 Å². The van der Waals surface area contributed by atoms with Crippen molar-refractivity contribution in [3.63, 3.8) is 0 Å². The third-order valence-corrected chi connectivity index (χ3v) is 4.16. The summed E-state index contributed by atoms with van der Waals surface area (Å²) in [7, 11) is 0. The maximum Gasteiger partial charge on any atom is 0.271 e. The number of nitrogens with zero attached hydrogens (tertiary/aromatic N) is 1. The topological polar surface area (TPSA) is 70.6 Å².